The van der Waals surface area contributed by atoms with Crippen molar-refractivity contribution in [3.63, 3.8) is 0 Å². The number of carbonyl (C=O) groups excluding carboxylic acids is 1. The van der Waals surface area contributed by atoms with Gasteiger partial charge in [0.25, 0.3) is 0 Å². The molecule has 2 aromatic carbocycles. The maximum absolute atomic E-state index is 12.1. The van der Waals surface area contributed by atoms with Crippen molar-refractivity contribution < 1.29 is 9.53 Å². The van der Waals surface area contributed by atoms with Crippen molar-refractivity contribution in [2.45, 2.75) is 12.3 Å². The number of benzene rings is 2. The van der Waals surface area contributed by atoms with E-state index in [1.54, 1.807) is 6.20 Å². The van der Waals surface area contributed by atoms with Crippen LogP contribution in [0.4, 0.5) is 9.93 Å². The minimum Gasteiger partial charge on any atom is -0.449 e. The van der Waals surface area contributed by atoms with Gasteiger partial charge in [-0.3, -0.25) is 0 Å². The number of nitrogen functional groups attached to an aromatic ring is 1. The number of rotatable bonds is 4. The zero-order chi connectivity index (χ0) is 19.3. The number of alkyl carbamates (subject to hydrolysis) is 1. The van der Waals surface area contributed by atoms with E-state index in [1.807, 2.05) is 24.3 Å². The van der Waals surface area contributed by atoms with Crippen molar-refractivity contribution in [2.24, 2.45) is 0 Å². The summed E-state index contributed by atoms with van der Waals surface area (Å²) >= 11 is 1.34. The van der Waals surface area contributed by atoms with Crippen LogP contribution in [-0.2, 0) is 4.74 Å². The van der Waals surface area contributed by atoms with Crippen LogP contribution in [0.2, 0.25) is 0 Å². The Kier molecular flexibility index (Phi) is 5.27. The number of nitrogens with two attached hydrogens (primary N) is 1. The lowest BCUT2D eigenvalue weighted by molar-refractivity contribution is 0.143. The van der Waals surface area contributed by atoms with E-state index >= 15 is 0 Å². The molecule has 6 heteroatoms. The van der Waals surface area contributed by atoms with Gasteiger partial charge in [-0.25, -0.2) is 9.78 Å². The summed E-state index contributed by atoms with van der Waals surface area (Å²) in [6.07, 6.45) is 1.75. The first-order chi connectivity index (χ1) is 13.7. The van der Waals surface area contributed by atoms with Crippen molar-refractivity contribution in [3.8, 4) is 23.0 Å². The summed E-state index contributed by atoms with van der Waals surface area (Å²) in [7, 11) is 0. The van der Waals surface area contributed by atoms with Gasteiger partial charge in [0.05, 0.1) is 11.1 Å². The summed E-state index contributed by atoms with van der Waals surface area (Å²) in [4.78, 5) is 16.8. The van der Waals surface area contributed by atoms with Gasteiger partial charge in [0, 0.05) is 18.9 Å². The van der Waals surface area contributed by atoms with Crippen molar-refractivity contribution in [1.82, 2.24) is 10.3 Å². The van der Waals surface area contributed by atoms with E-state index in [2.05, 4.69) is 46.4 Å². The zero-order valence-electron chi connectivity index (χ0n) is 15.1. The van der Waals surface area contributed by atoms with Crippen LogP contribution >= 0.6 is 11.3 Å². The fourth-order valence-electron chi connectivity index (χ4n) is 3.37. The van der Waals surface area contributed by atoms with Crippen LogP contribution in [-0.4, -0.2) is 24.2 Å². The van der Waals surface area contributed by atoms with E-state index in [0.717, 1.165) is 4.88 Å². The molecular weight excluding hydrogens is 370 g/mol. The highest BCUT2D eigenvalue weighted by Gasteiger charge is 2.28. The molecule has 140 valence electrons. The van der Waals surface area contributed by atoms with Crippen LogP contribution < -0.4 is 11.1 Å². The Morgan fingerprint density at radius 3 is 2.46 bits per heavy atom. The third kappa shape index (κ3) is 3.85. The maximum Gasteiger partial charge on any atom is 0.407 e. The average Bonchev–Trinajstić information content (AvgIpc) is 3.27. The normalized spacial score (nSPS) is 11.9. The largest absolute Gasteiger partial charge is 0.449 e. The summed E-state index contributed by atoms with van der Waals surface area (Å²) in [6, 6.07) is 16.5. The van der Waals surface area contributed by atoms with E-state index in [-0.39, 0.29) is 5.92 Å². The number of anilines is 1. The molecule has 1 aliphatic rings. The standard InChI is InChI=1S/C22H19N3O2S/c23-21-25-13-15(28-21)7-5-6-12-24-22(26)27-14-20-18-10-3-1-8-16(18)17-9-2-4-11-19(17)20/h1-4,8-11,13,20H,6,12,14H2,(H2,23,25)(H,24,26). The van der Waals surface area contributed by atoms with Gasteiger partial charge >= 0.3 is 6.09 Å². The molecule has 3 aromatic rings. The molecule has 0 aliphatic heterocycles. The molecule has 0 bridgehead atoms. The number of nitrogens with one attached hydrogen (secondary N) is 1. The molecule has 1 aliphatic carbocycles. The van der Waals surface area contributed by atoms with Gasteiger partial charge in [0.1, 0.15) is 6.61 Å². The first kappa shape index (κ1) is 18.1. The second-order valence-corrected chi connectivity index (χ2v) is 7.43. The molecule has 0 atom stereocenters. The van der Waals surface area contributed by atoms with Crippen molar-refractivity contribution in [3.05, 3.63) is 70.7 Å². The second-order valence-electron chi connectivity index (χ2n) is 6.37. The number of amides is 1. The van der Waals surface area contributed by atoms with E-state index in [1.165, 1.54) is 33.6 Å². The molecule has 28 heavy (non-hydrogen) atoms. The van der Waals surface area contributed by atoms with Crippen molar-refractivity contribution in [2.75, 3.05) is 18.9 Å². The predicted molar refractivity (Wildman–Crippen MR) is 111 cm³/mol. The number of hydrogen-bond donors (Lipinski definition) is 2. The molecule has 0 saturated heterocycles. The van der Waals surface area contributed by atoms with Gasteiger partial charge < -0.3 is 15.8 Å². The highest BCUT2D eigenvalue weighted by Crippen LogP contribution is 2.44. The molecule has 1 amide bonds. The fourth-order valence-corrected chi connectivity index (χ4v) is 3.93. The lowest BCUT2D eigenvalue weighted by atomic mass is 9.98. The number of aromatic nitrogens is 1. The summed E-state index contributed by atoms with van der Waals surface area (Å²) in [5.41, 5.74) is 10.4. The molecule has 3 N–H and O–H groups in total. The number of ether oxygens (including phenoxy) is 1. The van der Waals surface area contributed by atoms with E-state index < -0.39 is 6.09 Å². The zero-order valence-corrected chi connectivity index (χ0v) is 16.0. The molecule has 1 aromatic heterocycles. The number of fused-ring (bicyclic) bond motifs is 3. The van der Waals surface area contributed by atoms with E-state index in [9.17, 15) is 4.79 Å². The summed E-state index contributed by atoms with van der Waals surface area (Å²) in [6.45, 7) is 0.740. The first-order valence-electron chi connectivity index (χ1n) is 9.01. The smallest absolute Gasteiger partial charge is 0.407 e. The first-order valence-corrected chi connectivity index (χ1v) is 9.83. The number of nitrogens with zero attached hydrogens (tertiary/aromatic N) is 1. The topological polar surface area (TPSA) is 77.2 Å². The fraction of sp³-hybridized carbons (Fsp3) is 0.182. The highest BCUT2D eigenvalue weighted by molar-refractivity contribution is 7.15. The van der Waals surface area contributed by atoms with Crippen LogP contribution in [0.15, 0.2) is 54.7 Å². The number of carbonyl (C=O) groups is 1. The Labute approximate surface area is 167 Å². The molecule has 0 spiro atoms. The Balaban J connectivity index is 1.30. The molecule has 0 unspecified atom stereocenters. The van der Waals surface area contributed by atoms with Crippen LogP contribution in [0.25, 0.3) is 11.1 Å². The van der Waals surface area contributed by atoms with E-state index in [0.29, 0.717) is 24.7 Å². The van der Waals surface area contributed by atoms with Gasteiger partial charge in [-0.05, 0) is 22.3 Å². The summed E-state index contributed by atoms with van der Waals surface area (Å²) in [5, 5.41) is 3.25. The minimum atomic E-state index is -0.425. The van der Waals surface area contributed by atoms with Crippen LogP contribution in [0.3, 0.4) is 0 Å². The minimum absolute atomic E-state index is 0.0646. The highest BCUT2D eigenvalue weighted by atomic mass is 32.1. The van der Waals surface area contributed by atoms with Crippen molar-refractivity contribution in [1.29, 1.82) is 0 Å². The monoisotopic (exact) mass is 389 g/mol. The molecule has 5 nitrogen and oxygen atoms in total. The third-order valence-electron chi connectivity index (χ3n) is 4.60. The number of thiazole rings is 1. The van der Waals surface area contributed by atoms with Crippen LogP contribution in [0, 0.1) is 11.8 Å². The van der Waals surface area contributed by atoms with Gasteiger partial charge in [-0.15, -0.1) is 0 Å². The second kappa shape index (κ2) is 8.15. The average molecular weight is 389 g/mol. The predicted octanol–water partition coefficient (Wildman–Crippen LogP) is 4.01. The van der Waals surface area contributed by atoms with Crippen LogP contribution in [0.5, 0.6) is 0 Å². The van der Waals surface area contributed by atoms with Gasteiger partial charge in [0.15, 0.2) is 5.13 Å². The van der Waals surface area contributed by atoms with Gasteiger partial charge in [0.2, 0.25) is 0 Å². The lowest BCUT2D eigenvalue weighted by Gasteiger charge is -2.14. The molecule has 0 saturated carbocycles. The Morgan fingerprint density at radius 1 is 1.14 bits per heavy atom. The summed E-state index contributed by atoms with van der Waals surface area (Å²) in [5.74, 6) is 6.02. The Bertz CT molecular complexity index is 1020. The lowest BCUT2D eigenvalue weighted by Crippen LogP contribution is -2.26. The molecule has 4 rings (SSSR count). The molecule has 0 fully saturated rings. The van der Waals surface area contributed by atoms with Gasteiger partial charge in [-0.1, -0.05) is 71.7 Å². The maximum atomic E-state index is 12.1. The molecule has 0 radical (unpaired) electrons. The molecular formula is C22H19N3O2S. The van der Waals surface area contributed by atoms with E-state index in [4.69, 9.17) is 10.5 Å². The van der Waals surface area contributed by atoms with Gasteiger partial charge in [-0.2, -0.15) is 0 Å². The van der Waals surface area contributed by atoms with Crippen LogP contribution in [0.1, 0.15) is 28.3 Å². The quantitative estimate of drug-likeness (QED) is 0.522. The SMILES string of the molecule is Nc1ncc(C#CCCNC(=O)OCC2c3ccccc3-c3ccccc32)s1. The molecule has 1 heterocycles. The third-order valence-corrected chi connectivity index (χ3v) is 5.34. The van der Waals surface area contributed by atoms with Crippen molar-refractivity contribution >= 4 is 22.6 Å². The Morgan fingerprint density at radius 2 is 1.82 bits per heavy atom. The Hall–Kier alpha value is -3.30. The number of hydrogen-bond acceptors (Lipinski definition) is 5. The summed E-state index contributed by atoms with van der Waals surface area (Å²) < 4.78 is 5.49.